The minimum Gasteiger partial charge on any atom is -0.504 e. The third-order valence-corrected chi connectivity index (χ3v) is 14.8. The molecule has 4 saturated carbocycles. The Labute approximate surface area is 276 Å². The molecule has 1 spiro atoms. The molecule has 5 fully saturated rings. The van der Waals surface area contributed by atoms with Crippen LogP contribution in [0.4, 0.5) is 0 Å². The molecule has 0 unspecified atom stereocenters. The molecular weight excluding hydrogens is 604 g/mol. The van der Waals surface area contributed by atoms with Gasteiger partial charge in [-0.2, -0.15) is 0 Å². The first kappa shape index (κ1) is 33.4. The lowest BCUT2D eigenvalue weighted by atomic mass is 9.43. The molecule has 1 aromatic carbocycles. The van der Waals surface area contributed by atoms with E-state index in [1.807, 2.05) is 20.8 Å². The van der Waals surface area contributed by atoms with Crippen LogP contribution in [0, 0.1) is 40.4 Å². The van der Waals surface area contributed by atoms with Gasteiger partial charge < -0.3 is 45.6 Å². The van der Waals surface area contributed by atoms with E-state index in [1.54, 1.807) is 6.07 Å². The zero-order valence-electron chi connectivity index (χ0n) is 27.8. The molecule has 0 bridgehead atoms. The summed E-state index contributed by atoms with van der Waals surface area (Å²) in [4.78, 5) is 14.3. The van der Waals surface area contributed by atoms with Crippen molar-refractivity contribution < 1.29 is 50.4 Å². The number of ketones is 1. The maximum atomic E-state index is 14.3. The lowest BCUT2D eigenvalue weighted by Gasteiger charge is -2.62. The van der Waals surface area contributed by atoms with E-state index in [4.69, 9.17) is 4.74 Å². The van der Waals surface area contributed by atoms with Crippen molar-refractivity contribution in [2.24, 2.45) is 40.4 Å². The fourth-order valence-corrected chi connectivity index (χ4v) is 12.3. The lowest BCUT2D eigenvalue weighted by Crippen LogP contribution is -2.68. The van der Waals surface area contributed by atoms with Crippen LogP contribution >= 0.6 is 0 Å². The Morgan fingerprint density at radius 1 is 0.979 bits per heavy atom. The summed E-state index contributed by atoms with van der Waals surface area (Å²) in [5.74, 6) is -3.48. The highest BCUT2D eigenvalue weighted by atomic mass is 16.6. The molecule has 0 aromatic heterocycles. The minimum absolute atomic E-state index is 0.00949. The van der Waals surface area contributed by atoms with E-state index in [2.05, 4.69) is 6.92 Å². The van der Waals surface area contributed by atoms with E-state index < -0.39 is 69.8 Å². The van der Waals surface area contributed by atoms with Gasteiger partial charge in [0.05, 0.1) is 30.0 Å². The van der Waals surface area contributed by atoms with E-state index in [9.17, 15) is 45.6 Å². The quantitative estimate of drug-likeness (QED) is 0.225. The summed E-state index contributed by atoms with van der Waals surface area (Å²) < 4.78 is 6.88. The maximum absolute atomic E-state index is 14.3. The molecule has 47 heavy (non-hydrogen) atoms. The van der Waals surface area contributed by atoms with Gasteiger partial charge in [0.25, 0.3) is 0 Å². The van der Waals surface area contributed by atoms with Crippen molar-refractivity contribution in [3.05, 3.63) is 35.4 Å². The number of hydrogen-bond donors (Lipinski definition) is 8. The first-order chi connectivity index (χ1) is 22.0. The second-order valence-corrected chi connectivity index (χ2v) is 16.7. The molecule has 1 saturated heterocycles. The summed E-state index contributed by atoms with van der Waals surface area (Å²) in [5, 5.41) is 90.8. The van der Waals surface area contributed by atoms with Crippen molar-refractivity contribution in [2.75, 3.05) is 6.61 Å². The number of carbonyl (C=O) groups excluding carboxylic acids is 1. The first-order valence-corrected chi connectivity index (χ1v) is 17.6. The largest absolute Gasteiger partial charge is 0.504 e. The van der Waals surface area contributed by atoms with Crippen molar-refractivity contribution in [3.8, 4) is 11.5 Å². The molecule has 10 nitrogen and oxygen atoms in total. The normalized spacial score (nSPS) is 52.3. The van der Waals surface area contributed by atoms with Crippen LogP contribution < -0.4 is 0 Å². The zero-order valence-corrected chi connectivity index (χ0v) is 27.8. The van der Waals surface area contributed by atoms with Gasteiger partial charge in [-0.15, -0.1) is 0 Å². The Bertz CT molecular complexity index is 1480. The van der Waals surface area contributed by atoms with Crippen LogP contribution in [0.2, 0.25) is 0 Å². The number of benzene rings is 1. The SMILES string of the molecule is C[C@H]1[C@@H](C)CCC[C@]2(O[C@H]3C[C@]4(O)C5=CC(=O)[C@H]6[C@@H](c7ccc(O)c(O)c7)[C@@H](O)[C@@H](O)C[C@]6(C)[C@@H]5CC[C@]4(C)[C@@H]3[C@]2(O)CCO)[C@H]1O. The molecule has 7 rings (SSSR count). The molecule has 5 aliphatic carbocycles. The van der Waals surface area contributed by atoms with Crippen LogP contribution in [0.3, 0.4) is 0 Å². The van der Waals surface area contributed by atoms with E-state index in [-0.39, 0.29) is 60.9 Å². The number of rotatable bonds is 3. The van der Waals surface area contributed by atoms with Gasteiger partial charge in [0, 0.05) is 42.6 Å². The van der Waals surface area contributed by atoms with Crippen LogP contribution in [-0.4, -0.2) is 94.5 Å². The van der Waals surface area contributed by atoms with Crippen LogP contribution in [0.25, 0.3) is 0 Å². The summed E-state index contributed by atoms with van der Waals surface area (Å²) in [6.45, 7) is 7.67. The topological polar surface area (TPSA) is 188 Å². The molecule has 6 aliphatic rings. The molecule has 10 heteroatoms. The van der Waals surface area contributed by atoms with Crippen LogP contribution in [-0.2, 0) is 9.53 Å². The maximum Gasteiger partial charge on any atom is 0.160 e. The van der Waals surface area contributed by atoms with Gasteiger partial charge in [0.2, 0.25) is 0 Å². The van der Waals surface area contributed by atoms with Gasteiger partial charge in [-0.25, -0.2) is 0 Å². The van der Waals surface area contributed by atoms with E-state index in [0.29, 0.717) is 30.4 Å². The average Bonchev–Trinajstić information content (AvgIpc) is 3.35. The molecular formula is C37H52O10. The number of phenolic OH excluding ortho intramolecular Hbond substituents is 2. The highest BCUT2D eigenvalue weighted by Crippen LogP contribution is 2.73. The van der Waals surface area contributed by atoms with Gasteiger partial charge in [0.1, 0.15) is 11.2 Å². The number of phenols is 2. The highest BCUT2D eigenvalue weighted by Gasteiger charge is 2.80. The van der Waals surface area contributed by atoms with E-state index >= 15 is 0 Å². The Morgan fingerprint density at radius 2 is 1.70 bits per heavy atom. The van der Waals surface area contributed by atoms with Gasteiger partial charge >= 0.3 is 0 Å². The van der Waals surface area contributed by atoms with Crippen molar-refractivity contribution in [1.82, 2.24) is 0 Å². The summed E-state index contributed by atoms with van der Waals surface area (Å²) >= 11 is 0. The predicted molar refractivity (Wildman–Crippen MR) is 170 cm³/mol. The number of aromatic hydroxyl groups is 2. The Kier molecular flexibility index (Phi) is 7.63. The van der Waals surface area contributed by atoms with E-state index in [0.717, 1.165) is 12.8 Å². The molecule has 8 N–H and O–H groups in total. The van der Waals surface area contributed by atoms with Crippen LogP contribution in [0.5, 0.6) is 11.5 Å². The van der Waals surface area contributed by atoms with Crippen molar-refractivity contribution in [2.45, 2.75) is 126 Å². The summed E-state index contributed by atoms with van der Waals surface area (Å²) in [5.41, 5.74) is -5.28. The van der Waals surface area contributed by atoms with Gasteiger partial charge in [-0.3, -0.25) is 4.79 Å². The monoisotopic (exact) mass is 656 g/mol. The van der Waals surface area contributed by atoms with Crippen LogP contribution in [0.1, 0.15) is 90.5 Å². The third-order valence-electron chi connectivity index (χ3n) is 14.8. The number of ether oxygens (including phenoxy) is 1. The summed E-state index contributed by atoms with van der Waals surface area (Å²) in [7, 11) is 0. The smallest absolute Gasteiger partial charge is 0.160 e. The Balaban J connectivity index is 1.31. The standard InChI is InChI=1S/C37H52O10/c1-18-6-5-10-37(32(44)19(18)2)35(45,12-13-38)31-27(47-37)17-36(46)22-15-25(41)29-28(20-7-8-23(39)24(40)14-20)30(43)26(42)16-33(29,3)21(22)9-11-34(31,36)4/h7-8,14-15,18-19,21,26-32,38-40,42-46H,5-6,9-13,16-17H2,1-4H3/t18-,19-,21+,26-,27-,28+,29-,30-,31+,32-,33+,34+,35+,36-,37-/m0/s1. The molecule has 1 aromatic rings. The van der Waals surface area contributed by atoms with Crippen molar-refractivity contribution in [1.29, 1.82) is 0 Å². The third kappa shape index (κ3) is 4.12. The second-order valence-electron chi connectivity index (χ2n) is 16.7. The fourth-order valence-electron chi connectivity index (χ4n) is 12.3. The van der Waals surface area contributed by atoms with Gasteiger partial charge in [-0.05, 0) is 78.2 Å². The average molecular weight is 657 g/mol. The Hall–Kier alpha value is -2.05. The molecule has 1 heterocycles. The lowest BCUT2D eigenvalue weighted by molar-refractivity contribution is -0.232. The Morgan fingerprint density at radius 3 is 2.38 bits per heavy atom. The van der Waals surface area contributed by atoms with Gasteiger partial charge in [0.15, 0.2) is 17.3 Å². The zero-order chi connectivity index (χ0) is 34.1. The second kappa shape index (κ2) is 10.7. The molecule has 1 aliphatic heterocycles. The summed E-state index contributed by atoms with van der Waals surface area (Å²) in [6, 6.07) is 4.19. The van der Waals surface area contributed by atoms with Crippen molar-refractivity contribution in [3.63, 3.8) is 0 Å². The molecule has 0 radical (unpaired) electrons. The molecule has 15 atom stereocenters. The highest BCUT2D eigenvalue weighted by molar-refractivity contribution is 5.96. The van der Waals surface area contributed by atoms with Crippen LogP contribution in [0.15, 0.2) is 29.8 Å². The minimum atomic E-state index is -1.63. The number of allylic oxidation sites excluding steroid dienone is 1. The number of aliphatic hydroxyl groups excluding tert-OH is 4. The molecule has 0 amide bonds. The molecule has 260 valence electrons. The predicted octanol–water partition coefficient (Wildman–Crippen LogP) is 2.67. The first-order valence-electron chi connectivity index (χ1n) is 17.6. The van der Waals surface area contributed by atoms with E-state index in [1.165, 1.54) is 18.2 Å². The summed E-state index contributed by atoms with van der Waals surface area (Å²) in [6.07, 6.45) is 0.831. The van der Waals surface area contributed by atoms with Crippen molar-refractivity contribution >= 4 is 5.78 Å². The van der Waals surface area contributed by atoms with Gasteiger partial charge in [-0.1, -0.05) is 46.6 Å². The fraction of sp³-hybridized carbons (Fsp3) is 0.757. The number of aliphatic hydroxyl groups is 6. The number of fused-ring (bicyclic) bond motifs is 7. The number of carbonyl (C=O) groups is 1. The number of hydrogen-bond acceptors (Lipinski definition) is 10.